The number of pyridine rings is 2. The fraction of sp³-hybridized carbons (Fsp3) is 0.619. The lowest BCUT2D eigenvalue weighted by Crippen LogP contribution is -2.50. The molecule has 2 fully saturated rings. The van der Waals surface area contributed by atoms with Gasteiger partial charge in [-0.2, -0.15) is 0 Å². The second kappa shape index (κ2) is 26.9. The molecule has 0 aromatic carbocycles. The lowest BCUT2D eigenvalue weighted by atomic mass is 9.94. The lowest BCUT2D eigenvalue weighted by molar-refractivity contribution is -0.138. The van der Waals surface area contributed by atoms with Crippen LogP contribution in [0, 0.1) is 11.8 Å². The van der Waals surface area contributed by atoms with Crippen molar-refractivity contribution in [3.05, 3.63) is 60.2 Å². The van der Waals surface area contributed by atoms with E-state index in [-0.39, 0.29) is 42.9 Å². The molecule has 2 aromatic rings. The Kier molecular flexibility index (Phi) is 22.0. The third-order valence-corrected chi connectivity index (χ3v) is 10.8. The average Bonchev–Trinajstić information content (AvgIpc) is 3.23. The minimum absolute atomic E-state index is 0.103. The molecule has 2 aliphatic rings. The van der Waals surface area contributed by atoms with E-state index in [1.165, 1.54) is 0 Å². The van der Waals surface area contributed by atoms with Crippen molar-refractivity contribution in [2.24, 2.45) is 11.8 Å². The van der Waals surface area contributed by atoms with Gasteiger partial charge in [-0.25, -0.2) is 11.0 Å². The van der Waals surface area contributed by atoms with E-state index in [2.05, 4.69) is 20.6 Å². The lowest BCUT2D eigenvalue weighted by Gasteiger charge is -2.27. The van der Waals surface area contributed by atoms with Crippen molar-refractivity contribution in [3.63, 3.8) is 0 Å². The maximum atomic E-state index is 13.0. The molecule has 0 aliphatic carbocycles. The Morgan fingerprint density at radius 1 is 0.638 bits per heavy atom. The molecule has 58 heavy (non-hydrogen) atoms. The Hall–Kier alpha value is -4.96. The van der Waals surface area contributed by atoms with Crippen LogP contribution in [0.1, 0.15) is 114 Å². The number of nitrogens with one attached hydrogen (secondary N) is 4. The van der Waals surface area contributed by atoms with Gasteiger partial charge in [0.05, 0.1) is 0 Å². The molecule has 0 spiro atoms. The van der Waals surface area contributed by atoms with Gasteiger partial charge in [0.25, 0.3) is 0 Å². The van der Waals surface area contributed by atoms with Crippen LogP contribution >= 0.6 is 0 Å². The van der Waals surface area contributed by atoms with Crippen LogP contribution in [0.3, 0.4) is 0 Å². The van der Waals surface area contributed by atoms with Gasteiger partial charge in [-0.15, -0.1) is 0 Å². The largest absolute Gasteiger partial charge is 0.344 e. The summed E-state index contributed by atoms with van der Waals surface area (Å²) in [6, 6.07) is 7.65. The number of carbonyl (C=O) groups is 6. The van der Waals surface area contributed by atoms with Gasteiger partial charge in [0.1, 0.15) is 12.1 Å². The van der Waals surface area contributed by atoms with Gasteiger partial charge in [0.15, 0.2) is 0 Å². The molecule has 2 aromatic heterocycles. The summed E-state index contributed by atoms with van der Waals surface area (Å²) in [4.78, 5) is 86.8. The summed E-state index contributed by atoms with van der Waals surface area (Å²) in [5.41, 5.74) is 4.82. The fourth-order valence-corrected chi connectivity index (χ4v) is 7.30. The van der Waals surface area contributed by atoms with E-state index in [1.807, 2.05) is 24.3 Å². The first kappa shape index (κ1) is 47.4. The Bertz CT molecular complexity index is 1450. The number of rotatable bonds is 8. The molecule has 16 heteroatoms. The topological polar surface area (TPSA) is 223 Å². The van der Waals surface area contributed by atoms with Crippen molar-refractivity contribution >= 4 is 35.4 Å². The maximum absolute atomic E-state index is 13.0. The highest BCUT2D eigenvalue weighted by Crippen LogP contribution is 2.20. The standard InChI is InChI=1S/2C21H32N4O4/c1-25-13-9-5-3-2-4-6-10-16(14-19(26)24-29)20(27)23-18(21(25)28)15-17-11-7-8-12-22-17;1-25-13-7-5-3-2-4-6-8-17(15-19(26)24-29)20(27)23-18(21(25)28)14-16-9-11-22-12-10-16/h7-8,11-12,16,18,29H,2-6,9-10,13-15H2,1H3,(H,23,27)(H,24,26);9-12,17-18,29H,2-8,13-15H2,1H3,(H,23,27)(H,24,26). The predicted molar refractivity (Wildman–Crippen MR) is 216 cm³/mol. The summed E-state index contributed by atoms with van der Waals surface area (Å²) in [7, 11) is 3.51. The second-order valence-corrected chi connectivity index (χ2v) is 15.4. The summed E-state index contributed by atoms with van der Waals surface area (Å²) in [5.74, 6) is -3.34. The molecular formula is C42H64N8O8. The molecule has 0 saturated carbocycles. The molecule has 6 amide bonds. The third-order valence-electron chi connectivity index (χ3n) is 10.8. The Labute approximate surface area is 342 Å². The normalized spacial score (nSPS) is 22.5. The molecule has 0 radical (unpaired) electrons. The summed E-state index contributed by atoms with van der Waals surface area (Å²) in [6.07, 6.45) is 18.5. The Balaban J connectivity index is 0.000000310. The van der Waals surface area contributed by atoms with Crippen LogP contribution in [0.2, 0.25) is 0 Å². The van der Waals surface area contributed by atoms with Crippen LogP contribution < -0.4 is 21.6 Å². The van der Waals surface area contributed by atoms with Crippen LogP contribution in [0.4, 0.5) is 0 Å². The molecule has 4 unspecified atom stereocenters. The molecule has 320 valence electrons. The van der Waals surface area contributed by atoms with E-state index >= 15 is 0 Å². The molecule has 2 aliphatic heterocycles. The molecular weight excluding hydrogens is 745 g/mol. The average molecular weight is 809 g/mol. The minimum atomic E-state index is -0.745. The number of hydrogen-bond donors (Lipinski definition) is 6. The zero-order chi connectivity index (χ0) is 42.1. The highest BCUT2D eigenvalue weighted by molar-refractivity contribution is 5.91. The molecule has 4 rings (SSSR count). The summed E-state index contributed by atoms with van der Waals surface area (Å²) in [5, 5.41) is 23.4. The van der Waals surface area contributed by atoms with Gasteiger partial charge in [0, 0.05) is 89.0 Å². The van der Waals surface area contributed by atoms with E-state index in [9.17, 15) is 28.8 Å². The van der Waals surface area contributed by atoms with Crippen molar-refractivity contribution in [3.8, 4) is 0 Å². The van der Waals surface area contributed by atoms with Gasteiger partial charge in [0.2, 0.25) is 35.4 Å². The maximum Gasteiger partial charge on any atom is 0.245 e. The quantitative estimate of drug-likeness (QED) is 0.168. The van der Waals surface area contributed by atoms with Crippen molar-refractivity contribution < 1.29 is 39.2 Å². The zero-order valence-corrected chi connectivity index (χ0v) is 34.2. The first-order chi connectivity index (χ1) is 28.0. The number of amides is 6. The van der Waals surface area contributed by atoms with Gasteiger partial charge >= 0.3 is 0 Å². The van der Waals surface area contributed by atoms with Crippen LogP contribution in [0.5, 0.6) is 0 Å². The van der Waals surface area contributed by atoms with E-state index < -0.39 is 35.7 Å². The summed E-state index contributed by atoms with van der Waals surface area (Å²) >= 11 is 0. The third kappa shape index (κ3) is 17.7. The van der Waals surface area contributed by atoms with E-state index in [4.69, 9.17) is 10.4 Å². The van der Waals surface area contributed by atoms with Gasteiger partial charge < -0.3 is 20.4 Å². The fourth-order valence-electron chi connectivity index (χ4n) is 7.30. The van der Waals surface area contributed by atoms with Crippen LogP contribution in [0.15, 0.2) is 48.9 Å². The van der Waals surface area contributed by atoms with Gasteiger partial charge in [-0.3, -0.25) is 49.1 Å². The predicted octanol–water partition coefficient (Wildman–Crippen LogP) is 3.65. The van der Waals surface area contributed by atoms with E-state index in [0.29, 0.717) is 38.0 Å². The molecule has 6 N–H and O–H groups in total. The number of likely N-dealkylation sites (N-methyl/N-ethyl adjacent to an activating group) is 2. The number of nitrogens with zero attached hydrogens (tertiary/aromatic N) is 4. The van der Waals surface area contributed by atoms with Crippen molar-refractivity contribution in [2.45, 2.75) is 128 Å². The van der Waals surface area contributed by atoms with E-state index in [0.717, 1.165) is 82.6 Å². The Morgan fingerprint density at radius 3 is 1.53 bits per heavy atom. The second-order valence-electron chi connectivity index (χ2n) is 15.4. The van der Waals surface area contributed by atoms with E-state index in [1.54, 1.807) is 59.5 Å². The first-order valence-corrected chi connectivity index (χ1v) is 20.8. The summed E-state index contributed by atoms with van der Waals surface area (Å²) < 4.78 is 0. The highest BCUT2D eigenvalue weighted by Gasteiger charge is 2.31. The minimum Gasteiger partial charge on any atom is -0.344 e. The van der Waals surface area contributed by atoms with Crippen molar-refractivity contribution in [1.82, 2.24) is 41.4 Å². The van der Waals surface area contributed by atoms with Crippen molar-refractivity contribution in [1.29, 1.82) is 0 Å². The molecule has 2 saturated heterocycles. The highest BCUT2D eigenvalue weighted by atomic mass is 16.5. The molecule has 4 heterocycles. The molecule has 4 atom stereocenters. The Morgan fingerprint density at radius 2 is 1.09 bits per heavy atom. The van der Waals surface area contributed by atoms with Crippen LogP contribution in [0.25, 0.3) is 0 Å². The zero-order valence-electron chi connectivity index (χ0n) is 34.2. The number of carbonyl (C=O) groups excluding carboxylic acids is 6. The van der Waals surface area contributed by atoms with Gasteiger partial charge in [-0.05, 0) is 55.5 Å². The molecule has 0 bridgehead atoms. The SMILES string of the molecule is CN1CCCCCCCCC(CC(=O)NO)C(=O)NC(Cc2ccccn2)C1=O.CN1CCCCCCCCC(CC(=O)NO)C(=O)NC(Cc2ccncc2)C1=O. The van der Waals surface area contributed by atoms with Crippen molar-refractivity contribution in [2.75, 3.05) is 27.2 Å². The monoisotopic (exact) mass is 808 g/mol. The summed E-state index contributed by atoms with van der Waals surface area (Å²) in [6.45, 7) is 1.29. The van der Waals surface area contributed by atoms with Gasteiger partial charge in [-0.1, -0.05) is 70.3 Å². The van der Waals surface area contributed by atoms with Crippen LogP contribution in [-0.4, -0.2) is 105 Å². The first-order valence-electron chi connectivity index (χ1n) is 20.8. The van der Waals surface area contributed by atoms with Crippen LogP contribution in [-0.2, 0) is 41.6 Å². The molecule has 16 nitrogen and oxygen atoms in total. The smallest absolute Gasteiger partial charge is 0.245 e. The number of aromatic nitrogens is 2. The number of hydrogen-bond acceptors (Lipinski definition) is 10. The number of hydroxylamine groups is 2.